The fourth-order valence-corrected chi connectivity index (χ4v) is 4.27. The molecule has 4 rings (SSSR count). The second-order valence-electron chi connectivity index (χ2n) is 7.00. The number of amides is 1. The van der Waals surface area contributed by atoms with Crippen LogP contribution in [0.2, 0.25) is 0 Å². The zero-order chi connectivity index (χ0) is 13.6. The van der Waals surface area contributed by atoms with Crippen molar-refractivity contribution >= 4 is 5.91 Å². The van der Waals surface area contributed by atoms with E-state index in [1.165, 1.54) is 44.1 Å². The monoisotopic (exact) mass is 269 g/mol. The van der Waals surface area contributed by atoms with Crippen LogP contribution in [0.5, 0.6) is 0 Å². The summed E-state index contributed by atoms with van der Waals surface area (Å²) in [5, 5.41) is 3.26. The number of benzene rings is 1. The lowest BCUT2D eigenvalue weighted by molar-refractivity contribution is -0.123. The average molecular weight is 269 g/mol. The van der Waals surface area contributed by atoms with Crippen LogP contribution in [-0.4, -0.2) is 12.5 Å². The SMILES string of the molecule is O=C(NCC1(c2ccccc2)CC1)C1C2CCCCC21. The lowest BCUT2D eigenvalue weighted by Crippen LogP contribution is -2.33. The fraction of sp³-hybridized carbons (Fsp3) is 0.611. The van der Waals surface area contributed by atoms with E-state index in [0.717, 1.165) is 18.4 Å². The van der Waals surface area contributed by atoms with E-state index in [4.69, 9.17) is 0 Å². The van der Waals surface area contributed by atoms with Crippen molar-refractivity contribution in [2.24, 2.45) is 17.8 Å². The van der Waals surface area contributed by atoms with Crippen molar-refractivity contribution in [3.05, 3.63) is 35.9 Å². The van der Waals surface area contributed by atoms with Crippen molar-refractivity contribution in [1.29, 1.82) is 0 Å². The Morgan fingerprint density at radius 3 is 2.35 bits per heavy atom. The van der Waals surface area contributed by atoms with Crippen LogP contribution in [0.25, 0.3) is 0 Å². The summed E-state index contributed by atoms with van der Waals surface area (Å²) in [4.78, 5) is 12.4. The van der Waals surface area contributed by atoms with Gasteiger partial charge in [-0.3, -0.25) is 4.79 Å². The van der Waals surface area contributed by atoms with Gasteiger partial charge in [-0.2, -0.15) is 0 Å². The van der Waals surface area contributed by atoms with Crippen LogP contribution >= 0.6 is 0 Å². The molecule has 2 nitrogen and oxygen atoms in total. The number of hydrogen-bond donors (Lipinski definition) is 1. The van der Waals surface area contributed by atoms with Crippen molar-refractivity contribution < 1.29 is 4.79 Å². The molecule has 20 heavy (non-hydrogen) atoms. The molecular formula is C18H23NO. The van der Waals surface area contributed by atoms with E-state index in [2.05, 4.69) is 35.6 Å². The number of carbonyl (C=O) groups is 1. The summed E-state index contributed by atoms with van der Waals surface area (Å²) in [7, 11) is 0. The zero-order valence-corrected chi connectivity index (χ0v) is 12.0. The van der Waals surface area contributed by atoms with Crippen LogP contribution in [0.4, 0.5) is 0 Å². The third kappa shape index (κ3) is 2.06. The molecule has 106 valence electrons. The molecule has 1 N–H and O–H groups in total. The zero-order valence-electron chi connectivity index (χ0n) is 12.0. The standard InChI is InChI=1S/C18H23NO/c20-17(16-14-8-4-5-9-15(14)16)19-12-18(10-11-18)13-6-2-1-3-7-13/h1-3,6-7,14-16H,4-5,8-12H2,(H,19,20). The Hall–Kier alpha value is -1.31. The molecule has 2 atom stereocenters. The first kappa shape index (κ1) is 12.4. The van der Waals surface area contributed by atoms with Gasteiger partial charge >= 0.3 is 0 Å². The van der Waals surface area contributed by atoms with Gasteiger partial charge in [0, 0.05) is 17.9 Å². The molecule has 0 saturated heterocycles. The first-order chi connectivity index (χ1) is 9.80. The van der Waals surface area contributed by atoms with Crippen LogP contribution in [0.3, 0.4) is 0 Å². The van der Waals surface area contributed by atoms with E-state index in [0.29, 0.717) is 11.8 Å². The van der Waals surface area contributed by atoms with Gasteiger partial charge in [0.2, 0.25) is 5.91 Å². The summed E-state index contributed by atoms with van der Waals surface area (Å²) in [6, 6.07) is 10.7. The minimum Gasteiger partial charge on any atom is -0.355 e. The number of hydrogen-bond acceptors (Lipinski definition) is 1. The second kappa shape index (κ2) is 4.61. The smallest absolute Gasteiger partial charge is 0.223 e. The van der Waals surface area contributed by atoms with Crippen molar-refractivity contribution in [3.8, 4) is 0 Å². The van der Waals surface area contributed by atoms with Gasteiger partial charge in [-0.05, 0) is 43.1 Å². The summed E-state index contributed by atoms with van der Waals surface area (Å²) in [6.45, 7) is 0.839. The first-order valence-corrected chi connectivity index (χ1v) is 8.13. The molecule has 3 aliphatic carbocycles. The molecule has 1 amide bonds. The Morgan fingerprint density at radius 2 is 1.75 bits per heavy atom. The predicted octanol–water partition coefficient (Wildman–Crippen LogP) is 3.27. The van der Waals surface area contributed by atoms with Crippen LogP contribution in [0, 0.1) is 17.8 Å². The molecule has 1 aromatic rings. The summed E-state index contributed by atoms with van der Waals surface area (Å²) in [5.41, 5.74) is 1.64. The molecule has 0 aromatic heterocycles. The number of rotatable bonds is 4. The summed E-state index contributed by atoms with van der Waals surface area (Å²) in [6.07, 6.45) is 7.67. The highest BCUT2D eigenvalue weighted by Gasteiger charge is 2.55. The van der Waals surface area contributed by atoms with E-state index >= 15 is 0 Å². The van der Waals surface area contributed by atoms with Gasteiger partial charge in [0.25, 0.3) is 0 Å². The minimum absolute atomic E-state index is 0.247. The van der Waals surface area contributed by atoms with Crippen LogP contribution < -0.4 is 5.32 Å². The van der Waals surface area contributed by atoms with Crippen molar-refractivity contribution in [3.63, 3.8) is 0 Å². The summed E-state index contributed by atoms with van der Waals surface area (Å²) < 4.78 is 0. The molecule has 0 radical (unpaired) electrons. The second-order valence-corrected chi connectivity index (χ2v) is 7.00. The molecule has 3 aliphatic rings. The Balaban J connectivity index is 1.36. The summed E-state index contributed by atoms with van der Waals surface area (Å²) >= 11 is 0. The third-order valence-electron chi connectivity index (χ3n) is 5.80. The van der Waals surface area contributed by atoms with Gasteiger partial charge in [-0.25, -0.2) is 0 Å². The van der Waals surface area contributed by atoms with E-state index in [1.54, 1.807) is 0 Å². The average Bonchev–Trinajstić information content (AvgIpc) is 3.40. The van der Waals surface area contributed by atoms with Crippen LogP contribution in [-0.2, 0) is 10.2 Å². The molecule has 0 bridgehead atoms. The van der Waals surface area contributed by atoms with Gasteiger partial charge in [-0.1, -0.05) is 43.2 Å². The van der Waals surface area contributed by atoms with E-state index in [-0.39, 0.29) is 5.41 Å². The molecule has 0 spiro atoms. The van der Waals surface area contributed by atoms with Gasteiger partial charge in [0.1, 0.15) is 0 Å². The van der Waals surface area contributed by atoms with Gasteiger partial charge < -0.3 is 5.32 Å². The van der Waals surface area contributed by atoms with Crippen molar-refractivity contribution in [2.75, 3.05) is 6.54 Å². The Labute approximate surface area is 121 Å². The summed E-state index contributed by atoms with van der Waals surface area (Å²) in [5.74, 6) is 2.12. The highest BCUT2D eigenvalue weighted by molar-refractivity contribution is 5.82. The number of nitrogens with one attached hydrogen (secondary N) is 1. The normalized spacial score (nSPS) is 33.1. The quantitative estimate of drug-likeness (QED) is 0.893. The molecular weight excluding hydrogens is 246 g/mol. The highest BCUT2D eigenvalue weighted by atomic mass is 16.2. The molecule has 0 heterocycles. The molecule has 0 aliphatic heterocycles. The molecule has 3 fully saturated rings. The topological polar surface area (TPSA) is 29.1 Å². The molecule has 2 heteroatoms. The van der Waals surface area contributed by atoms with Crippen molar-refractivity contribution in [1.82, 2.24) is 5.32 Å². The highest BCUT2D eigenvalue weighted by Crippen LogP contribution is 2.55. The van der Waals surface area contributed by atoms with Crippen LogP contribution in [0.1, 0.15) is 44.1 Å². The number of fused-ring (bicyclic) bond motifs is 1. The number of carbonyl (C=O) groups excluding carboxylic acids is 1. The van der Waals surface area contributed by atoms with E-state index < -0.39 is 0 Å². The maximum atomic E-state index is 12.4. The molecule has 1 aromatic carbocycles. The largest absolute Gasteiger partial charge is 0.355 e. The van der Waals surface area contributed by atoms with Crippen LogP contribution in [0.15, 0.2) is 30.3 Å². The first-order valence-electron chi connectivity index (χ1n) is 8.13. The third-order valence-corrected chi connectivity index (χ3v) is 5.80. The molecule has 3 saturated carbocycles. The molecule has 2 unspecified atom stereocenters. The van der Waals surface area contributed by atoms with E-state index in [9.17, 15) is 4.79 Å². The fourth-order valence-electron chi connectivity index (χ4n) is 4.27. The Morgan fingerprint density at radius 1 is 1.10 bits per heavy atom. The predicted molar refractivity (Wildman–Crippen MR) is 79.3 cm³/mol. The Kier molecular flexibility index (Phi) is 2.87. The lowest BCUT2D eigenvalue weighted by atomic mass is 9.96. The van der Waals surface area contributed by atoms with Gasteiger partial charge in [0.15, 0.2) is 0 Å². The van der Waals surface area contributed by atoms with Gasteiger partial charge in [0.05, 0.1) is 0 Å². The van der Waals surface area contributed by atoms with E-state index in [1.807, 2.05) is 0 Å². The van der Waals surface area contributed by atoms with Gasteiger partial charge in [-0.15, -0.1) is 0 Å². The van der Waals surface area contributed by atoms with Crippen molar-refractivity contribution in [2.45, 2.75) is 43.9 Å². The minimum atomic E-state index is 0.247. The lowest BCUT2D eigenvalue weighted by Gasteiger charge is -2.16. The Bertz CT molecular complexity index is 493. The maximum Gasteiger partial charge on any atom is 0.223 e. The maximum absolute atomic E-state index is 12.4.